The summed E-state index contributed by atoms with van der Waals surface area (Å²) in [6, 6.07) is 4.03. The molecule has 6 nitrogen and oxygen atoms in total. The van der Waals surface area contributed by atoms with Crippen molar-refractivity contribution >= 4 is 29.9 Å². The van der Waals surface area contributed by atoms with E-state index in [1.807, 2.05) is 38.4 Å². The van der Waals surface area contributed by atoms with Gasteiger partial charge in [-0.1, -0.05) is 0 Å². The molecule has 21 heavy (non-hydrogen) atoms. The van der Waals surface area contributed by atoms with Gasteiger partial charge in [-0.2, -0.15) is 0 Å². The maximum atomic E-state index is 5.51. The van der Waals surface area contributed by atoms with E-state index >= 15 is 0 Å². The highest BCUT2D eigenvalue weighted by molar-refractivity contribution is 14.0. The lowest BCUT2D eigenvalue weighted by atomic mass is 10.4. The molecule has 0 saturated carbocycles. The summed E-state index contributed by atoms with van der Waals surface area (Å²) >= 11 is 0. The van der Waals surface area contributed by atoms with Crippen LogP contribution in [0.2, 0.25) is 0 Å². The predicted molar refractivity (Wildman–Crippen MR) is 94.0 cm³/mol. The number of hydrogen-bond acceptors (Lipinski definition) is 3. The lowest BCUT2D eigenvalue weighted by molar-refractivity contribution is 0.463. The lowest BCUT2D eigenvalue weighted by Crippen LogP contribution is -2.38. The van der Waals surface area contributed by atoms with Crippen LogP contribution in [0.25, 0.3) is 0 Å². The van der Waals surface area contributed by atoms with Crippen LogP contribution in [0.3, 0.4) is 0 Å². The largest absolute Gasteiger partial charge is 0.444 e. The number of nitrogens with zero attached hydrogens (tertiary/aromatic N) is 3. The zero-order chi connectivity index (χ0) is 14.4. The maximum absolute atomic E-state index is 5.51. The highest BCUT2D eigenvalue weighted by Gasteiger charge is 2.06. The Morgan fingerprint density at radius 1 is 1.29 bits per heavy atom. The first-order valence-corrected chi connectivity index (χ1v) is 6.67. The maximum Gasteiger partial charge on any atom is 0.214 e. The van der Waals surface area contributed by atoms with E-state index in [1.54, 1.807) is 7.05 Å². The topological polar surface area (TPSA) is 67.4 Å². The zero-order valence-electron chi connectivity index (χ0n) is 12.6. The molecule has 0 unspecified atom stereocenters. The van der Waals surface area contributed by atoms with E-state index in [0.717, 1.165) is 30.5 Å². The van der Waals surface area contributed by atoms with Crippen molar-refractivity contribution in [1.82, 2.24) is 20.2 Å². The number of aryl methyl sites for hydroxylation is 2. The van der Waals surface area contributed by atoms with E-state index in [2.05, 4.69) is 25.2 Å². The Morgan fingerprint density at radius 3 is 2.57 bits per heavy atom. The monoisotopic (exact) mass is 403 g/mol. The smallest absolute Gasteiger partial charge is 0.214 e. The zero-order valence-corrected chi connectivity index (χ0v) is 14.9. The second-order valence-corrected chi connectivity index (χ2v) is 4.52. The first-order chi connectivity index (χ1) is 9.69. The SMILES string of the molecule is CN=C(NCCn1cccc1)NCc1nc(C)c(C)o1.I. The number of halogens is 1. The molecule has 2 N–H and O–H groups in total. The van der Waals surface area contributed by atoms with Crippen LogP contribution in [-0.4, -0.2) is 29.1 Å². The minimum absolute atomic E-state index is 0. The molecule has 2 heterocycles. The standard InChI is InChI=1S/C14H21N5O.HI/c1-11-12(2)20-13(18-11)10-17-14(15-3)16-6-9-19-7-4-5-8-19;/h4-5,7-8H,6,9-10H2,1-3H3,(H2,15,16,17);1H. The second kappa shape index (κ2) is 8.71. The van der Waals surface area contributed by atoms with Gasteiger partial charge in [-0.25, -0.2) is 4.98 Å². The van der Waals surface area contributed by atoms with Crippen molar-refractivity contribution in [2.24, 2.45) is 4.99 Å². The summed E-state index contributed by atoms with van der Waals surface area (Å²) in [5, 5.41) is 6.43. The molecular weight excluding hydrogens is 381 g/mol. The molecule has 0 aromatic carbocycles. The van der Waals surface area contributed by atoms with Crippen LogP contribution < -0.4 is 10.6 Å². The summed E-state index contributed by atoms with van der Waals surface area (Å²) in [5.41, 5.74) is 0.928. The summed E-state index contributed by atoms with van der Waals surface area (Å²) in [4.78, 5) is 8.49. The van der Waals surface area contributed by atoms with Gasteiger partial charge >= 0.3 is 0 Å². The Labute approximate surface area is 142 Å². The fourth-order valence-corrected chi connectivity index (χ4v) is 1.82. The summed E-state index contributed by atoms with van der Waals surface area (Å²) in [7, 11) is 1.75. The van der Waals surface area contributed by atoms with Crippen molar-refractivity contribution in [3.63, 3.8) is 0 Å². The van der Waals surface area contributed by atoms with Gasteiger partial charge in [0.25, 0.3) is 0 Å². The van der Waals surface area contributed by atoms with Crippen LogP contribution in [0.5, 0.6) is 0 Å². The molecular formula is C14H22IN5O. The quantitative estimate of drug-likeness (QED) is 0.456. The molecule has 2 aromatic rings. The van der Waals surface area contributed by atoms with Crippen LogP contribution in [0.4, 0.5) is 0 Å². The number of aromatic nitrogens is 2. The van der Waals surface area contributed by atoms with Crippen molar-refractivity contribution in [1.29, 1.82) is 0 Å². The lowest BCUT2D eigenvalue weighted by Gasteiger charge is -2.10. The molecule has 0 aliphatic rings. The Balaban J connectivity index is 0.00000220. The molecule has 116 valence electrons. The molecule has 0 fully saturated rings. The Morgan fingerprint density at radius 2 is 2.00 bits per heavy atom. The molecule has 0 spiro atoms. The minimum atomic E-state index is 0. The van der Waals surface area contributed by atoms with Gasteiger partial charge in [0.15, 0.2) is 5.96 Å². The van der Waals surface area contributed by atoms with Gasteiger partial charge in [-0.3, -0.25) is 4.99 Å². The molecule has 0 aliphatic heterocycles. The average molecular weight is 403 g/mol. The summed E-state index contributed by atoms with van der Waals surface area (Å²) in [6.45, 7) is 6.07. The molecule has 0 saturated heterocycles. The molecule has 0 aliphatic carbocycles. The molecule has 2 rings (SSSR count). The predicted octanol–water partition coefficient (Wildman–Crippen LogP) is 2.08. The minimum Gasteiger partial charge on any atom is -0.444 e. The molecule has 0 amide bonds. The fourth-order valence-electron chi connectivity index (χ4n) is 1.82. The first-order valence-electron chi connectivity index (χ1n) is 6.67. The van der Waals surface area contributed by atoms with Gasteiger partial charge in [0, 0.05) is 32.5 Å². The van der Waals surface area contributed by atoms with Crippen LogP contribution >= 0.6 is 24.0 Å². The third-order valence-electron chi connectivity index (χ3n) is 3.03. The molecule has 0 bridgehead atoms. The Kier molecular flexibility index (Phi) is 7.27. The van der Waals surface area contributed by atoms with Crippen LogP contribution in [-0.2, 0) is 13.1 Å². The van der Waals surface area contributed by atoms with E-state index in [-0.39, 0.29) is 24.0 Å². The van der Waals surface area contributed by atoms with Gasteiger partial charge in [0.05, 0.1) is 12.2 Å². The third-order valence-corrected chi connectivity index (χ3v) is 3.03. The van der Waals surface area contributed by atoms with Gasteiger partial charge in [-0.15, -0.1) is 24.0 Å². The highest BCUT2D eigenvalue weighted by atomic mass is 127. The van der Waals surface area contributed by atoms with Crippen LogP contribution in [0.15, 0.2) is 33.9 Å². The number of nitrogens with one attached hydrogen (secondary N) is 2. The van der Waals surface area contributed by atoms with Crippen molar-refractivity contribution in [3.8, 4) is 0 Å². The van der Waals surface area contributed by atoms with E-state index in [4.69, 9.17) is 4.42 Å². The van der Waals surface area contributed by atoms with Gasteiger partial charge in [-0.05, 0) is 26.0 Å². The summed E-state index contributed by atoms with van der Waals surface area (Å²) < 4.78 is 7.62. The number of guanidine groups is 1. The highest BCUT2D eigenvalue weighted by Crippen LogP contribution is 2.07. The van der Waals surface area contributed by atoms with Crippen LogP contribution in [0.1, 0.15) is 17.3 Å². The number of hydrogen-bond donors (Lipinski definition) is 2. The van der Waals surface area contributed by atoms with Gasteiger partial charge in [0.1, 0.15) is 5.76 Å². The van der Waals surface area contributed by atoms with E-state index < -0.39 is 0 Å². The Bertz CT molecular complexity index is 542. The van der Waals surface area contributed by atoms with Crippen molar-refractivity contribution in [2.75, 3.05) is 13.6 Å². The molecule has 2 aromatic heterocycles. The van der Waals surface area contributed by atoms with E-state index in [0.29, 0.717) is 12.4 Å². The normalized spacial score (nSPS) is 11.1. The van der Waals surface area contributed by atoms with Gasteiger partial charge in [0.2, 0.25) is 5.89 Å². The fraction of sp³-hybridized carbons (Fsp3) is 0.429. The van der Waals surface area contributed by atoms with Crippen molar-refractivity contribution < 1.29 is 4.42 Å². The van der Waals surface area contributed by atoms with Crippen molar-refractivity contribution in [2.45, 2.75) is 26.9 Å². The Hall–Kier alpha value is -1.51. The molecule has 7 heteroatoms. The summed E-state index contributed by atoms with van der Waals surface area (Å²) in [5.74, 6) is 2.27. The first kappa shape index (κ1) is 17.5. The molecule has 0 radical (unpaired) electrons. The number of aliphatic imine (C=N–C) groups is 1. The number of oxazole rings is 1. The molecule has 0 atom stereocenters. The van der Waals surface area contributed by atoms with Crippen LogP contribution in [0, 0.1) is 13.8 Å². The second-order valence-electron chi connectivity index (χ2n) is 4.52. The van der Waals surface area contributed by atoms with Crippen molar-refractivity contribution in [3.05, 3.63) is 41.9 Å². The number of rotatable bonds is 5. The average Bonchev–Trinajstić information content (AvgIpc) is 3.05. The third kappa shape index (κ3) is 5.41. The van der Waals surface area contributed by atoms with E-state index in [1.165, 1.54) is 0 Å². The van der Waals surface area contributed by atoms with Gasteiger partial charge < -0.3 is 19.6 Å². The van der Waals surface area contributed by atoms with E-state index in [9.17, 15) is 0 Å². The summed E-state index contributed by atoms with van der Waals surface area (Å²) in [6.07, 6.45) is 4.08.